The van der Waals surface area contributed by atoms with Gasteiger partial charge in [0.15, 0.2) is 0 Å². The third-order valence-electron chi connectivity index (χ3n) is 0. The third kappa shape index (κ3) is 16.3. The first-order valence-electron chi connectivity index (χ1n) is 0.955. The zero-order valence-corrected chi connectivity index (χ0v) is 7.71. The lowest BCUT2D eigenvalue weighted by Crippen LogP contribution is -1.75. The van der Waals surface area contributed by atoms with Gasteiger partial charge in [0.1, 0.15) is 9.55 Å². The molecule has 0 aromatic rings. The summed E-state index contributed by atoms with van der Waals surface area (Å²) in [5.41, 5.74) is 0. The minimum absolute atomic E-state index is 0.778. The van der Waals surface area contributed by atoms with E-state index in [1.54, 1.807) is 0 Å². The molecule has 4 heavy (non-hydrogen) atoms. The summed E-state index contributed by atoms with van der Waals surface area (Å²) in [7, 11) is 1.58. The second kappa shape index (κ2) is 56.8. The number of hydrogen-bond acceptors (Lipinski definition) is 1. The first kappa shape index (κ1) is 8.82. The van der Waals surface area contributed by atoms with E-state index in [0.29, 0.717) is 0 Å². The van der Waals surface area contributed by atoms with Crippen molar-refractivity contribution < 1.29 is 0 Å². The van der Waals surface area contributed by atoms with Gasteiger partial charge in [-0.1, -0.05) is 0 Å². The van der Waals surface area contributed by atoms with Gasteiger partial charge in [0.25, 0.3) is 0 Å². The Bertz CT molecular complexity index is 6.00. The Hall–Kier alpha value is 0.684. The van der Waals surface area contributed by atoms with Crippen LogP contribution in [-0.2, 0) is 0 Å². The molecule has 0 rings (SSSR count). The summed E-state index contributed by atoms with van der Waals surface area (Å²) < 4.78 is 0. The van der Waals surface area contributed by atoms with E-state index in [9.17, 15) is 0 Å². The molecule has 0 unspecified atom stereocenters. The van der Waals surface area contributed by atoms with E-state index < -0.39 is 0 Å². The fourth-order valence-corrected chi connectivity index (χ4v) is 0. The zero-order chi connectivity index (χ0) is 4.00. The average Bonchev–Trinajstić information content (AvgIpc) is 1.50. The van der Waals surface area contributed by atoms with Crippen molar-refractivity contribution in [1.29, 1.82) is 0 Å². The van der Waals surface area contributed by atoms with Gasteiger partial charge in [-0.15, -0.1) is 0 Å². The highest BCUT2D eigenvalue weighted by atomic mass is 35.6. The molecule has 0 saturated carbocycles. The molecule has 0 fully saturated rings. The summed E-state index contributed by atoms with van der Waals surface area (Å²) in [6.07, 6.45) is 0. The lowest BCUT2D eigenvalue weighted by atomic mass is 13.9. The van der Waals surface area contributed by atoms with Crippen LogP contribution < -0.4 is 5.40 Å². The summed E-state index contributed by atoms with van der Waals surface area (Å²) in [5, 5.41) is 4.64. The second-order valence-electron chi connectivity index (χ2n) is 0. The standard InChI is InChI=1S/ClH3Si.H5NSi/c2*1-2/h2H3;1H2,2H3. The van der Waals surface area contributed by atoms with Crippen molar-refractivity contribution in [3.05, 3.63) is 0 Å². The SMILES string of the molecule is N[SiH3].[SiH3]Cl. The highest BCUT2D eigenvalue weighted by Crippen LogP contribution is 1.29. The monoisotopic (exact) mass is 113 g/mol. The summed E-state index contributed by atoms with van der Waals surface area (Å²) in [4.78, 5) is 0. The highest BCUT2D eigenvalue weighted by Gasteiger charge is 0.975. The van der Waals surface area contributed by atoms with Crippen LogP contribution in [-0.4, -0.2) is 20.0 Å². The van der Waals surface area contributed by atoms with E-state index in [1.165, 1.54) is 0 Å². The smallest absolute Gasteiger partial charge is 0.109 e. The van der Waals surface area contributed by atoms with Crippen LogP contribution >= 0.6 is 11.1 Å². The fourth-order valence-electron chi connectivity index (χ4n) is 0. The minimum atomic E-state index is 0.778. The predicted octanol–water partition coefficient (Wildman–Crippen LogP) is -2.27. The van der Waals surface area contributed by atoms with Gasteiger partial charge in [0, 0.05) is 0 Å². The molecule has 0 amide bonds. The molecule has 0 aliphatic heterocycles. The van der Waals surface area contributed by atoms with Crippen LogP contribution in [0.15, 0.2) is 0 Å². The highest BCUT2D eigenvalue weighted by molar-refractivity contribution is 6.80. The van der Waals surface area contributed by atoms with Gasteiger partial charge in [0.05, 0.1) is 10.4 Å². The first-order chi connectivity index (χ1) is 2.00. The van der Waals surface area contributed by atoms with Crippen LogP contribution in [0.2, 0.25) is 0 Å². The molecule has 0 aliphatic rings. The second-order valence-corrected chi connectivity index (χ2v) is 0. The maximum atomic E-state index is 4.78. The average molecular weight is 114 g/mol. The van der Waals surface area contributed by atoms with Crippen LogP contribution in [0.4, 0.5) is 0 Å². The number of rotatable bonds is 0. The molecule has 0 aromatic carbocycles. The van der Waals surface area contributed by atoms with Crippen LogP contribution in [0.25, 0.3) is 0 Å². The Morgan fingerprint density at radius 2 is 1.25 bits per heavy atom. The van der Waals surface area contributed by atoms with E-state index in [1.807, 2.05) is 0 Å². The van der Waals surface area contributed by atoms with E-state index >= 15 is 0 Å². The lowest BCUT2D eigenvalue weighted by molar-refractivity contribution is 2.00. The molecule has 28 valence electrons. The van der Waals surface area contributed by atoms with Gasteiger partial charge in [-0.2, -0.15) is 11.1 Å². The van der Waals surface area contributed by atoms with Crippen molar-refractivity contribution in [3.8, 4) is 0 Å². The van der Waals surface area contributed by atoms with Gasteiger partial charge < -0.3 is 5.40 Å². The van der Waals surface area contributed by atoms with Crippen molar-refractivity contribution in [2.24, 2.45) is 5.40 Å². The van der Waals surface area contributed by atoms with Crippen molar-refractivity contribution >= 4 is 31.0 Å². The molecular formula is H8ClNSi2. The summed E-state index contributed by atoms with van der Waals surface area (Å²) >= 11 is 4.78. The summed E-state index contributed by atoms with van der Waals surface area (Å²) in [6, 6.07) is 0. The number of nitrogens with two attached hydrogens (primary N) is 1. The van der Waals surface area contributed by atoms with E-state index in [0.717, 1.165) is 20.0 Å². The van der Waals surface area contributed by atoms with E-state index in [2.05, 4.69) is 5.40 Å². The maximum absolute atomic E-state index is 4.78. The molecule has 1 nitrogen and oxygen atoms in total. The van der Waals surface area contributed by atoms with Crippen LogP contribution in [0.1, 0.15) is 0 Å². The van der Waals surface area contributed by atoms with Crippen LogP contribution in [0, 0.1) is 0 Å². The quantitative estimate of drug-likeness (QED) is 0.278. The first-order valence-corrected chi connectivity index (χ1v) is 5.13. The minimum Gasteiger partial charge on any atom is -0.358 e. The summed E-state index contributed by atoms with van der Waals surface area (Å²) in [6.45, 7) is 0. The van der Waals surface area contributed by atoms with Crippen LogP contribution in [0.5, 0.6) is 0 Å². The van der Waals surface area contributed by atoms with Gasteiger partial charge in [-0.05, 0) is 0 Å². The largest absolute Gasteiger partial charge is 0.358 e. The molecule has 0 radical (unpaired) electrons. The molecular weight excluding hydrogens is 106 g/mol. The fraction of sp³-hybridized carbons (Fsp3) is 0. The van der Waals surface area contributed by atoms with Crippen molar-refractivity contribution in [2.75, 3.05) is 0 Å². The number of halogens is 1. The zero-order valence-electron chi connectivity index (χ0n) is 2.96. The Balaban J connectivity index is 0. The molecule has 0 aliphatic carbocycles. The van der Waals surface area contributed by atoms with E-state index in [4.69, 9.17) is 11.1 Å². The molecule has 4 heteroatoms. The number of hydrogen-bond donors (Lipinski definition) is 1. The van der Waals surface area contributed by atoms with Gasteiger partial charge in [0.2, 0.25) is 0 Å². The van der Waals surface area contributed by atoms with Crippen molar-refractivity contribution in [1.82, 2.24) is 0 Å². The Morgan fingerprint density at radius 1 is 1.25 bits per heavy atom. The molecule has 0 heterocycles. The van der Waals surface area contributed by atoms with Gasteiger partial charge in [-0.25, -0.2) is 0 Å². The van der Waals surface area contributed by atoms with Gasteiger partial charge >= 0.3 is 0 Å². The van der Waals surface area contributed by atoms with Crippen LogP contribution in [0.3, 0.4) is 0 Å². The Labute approximate surface area is 37.2 Å². The predicted molar refractivity (Wildman–Crippen MR) is 29.9 cm³/mol. The maximum Gasteiger partial charge on any atom is 0.109 e. The Morgan fingerprint density at radius 3 is 1.25 bits per heavy atom. The molecule has 0 bridgehead atoms. The molecule has 0 saturated heterocycles. The van der Waals surface area contributed by atoms with Crippen molar-refractivity contribution in [3.63, 3.8) is 0 Å². The lowest BCUT2D eigenvalue weighted by Gasteiger charge is -1.17. The molecule has 0 atom stereocenters. The van der Waals surface area contributed by atoms with E-state index in [-0.39, 0.29) is 0 Å². The third-order valence-corrected chi connectivity index (χ3v) is 0. The Kier molecular flexibility index (Phi) is 125. The molecule has 2 N–H and O–H groups in total. The molecule has 0 spiro atoms. The summed E-state index contributed by atoms with van der Waals surface area (Å²) in [5.74, 6) is 0. The van der Waals surface area contributed by atoms with Gasteiger partial charge in [-0.3, -0.25) is 0 Å². The normalized spacial score (nSPS) is 4.50. The van der Waals surface area contributed by atoms with Crippen molar-refractivity contribution in [2.45, 2.75) is 0 Å². The molecule has 0 aromatic heterocycles. The topological polar surface area (TPSA) is 26.0 Å².